The zero-order valence-corrected chi connectivity index (χ0v) is 23.0. The first-order valence-electron chi connectivity index (χ1n) is 13.6. The van der Waals surface area contributed by atoms with Crippen molar-refractivity contribution in [3.63, 3.8) is 0 Å². The number of ether oxygens (including phenoxy) is 1. The number of hydrogen-bond donors (Lipinski definition) is 1. The summed E-state index contributed by atoms with van der Waals surface area (Å²) in [5, 5.41) is 3.99. The van der Waals surface area contributed by atoms with Crippen LogP contribution in [-0.2, 0) is 13.2 Å². The topological polar surface area (TPSA) is 27.7 Å². The van der Waals surface area contributed by atoms with E-state index in [0.717, 1.165) is 31.8 Å². The Morgan fingerprint density at radius 3 is 2.22 bits per heavy atom. The number of hydrogen-bond acceptors (Lipinski definition) is 4. The van der Waals surface area contributed by atoms with E-state index < -0.39 is 0 Å². The van der Waals surface area contributed by atoms with Gasteiger partial charge in [0.2, 0.25) is 0 Å². The maximum atomic E-state index is 6.01. The number of anilines is 1. The molecule has 4 nitrogen and oxygen atoms in total. The first-order chi connectivity index (χ1) is 18.0. The molecule has 0 radical (unpaired) electrons. The lowest BCUT2D eigenvalue weighted by Crippen LogP contribution is -2.43. The SMILES string of the molecule is CC(C)=CCC(NC1CCN(Cc2ccc(N(C)C)cc2)CC1)c1ccc(OCc2ccccc2)cc1. The largest absolute Gasteiger partial charge is 0.489 e. The lowest BCUT2D eigenvalue weighted by molar-refractivity contribution is 0.184. The number of nitrogens with zero attached hydrogens (tertiary/aromatic N) is 2. The minimum Gasteiger partial charge on any atom is -0.489 e. The summed E-state index contributed by atoms with van der Waals surface area (Å²) >= 11 is 0. The van der Waals surface area contributed by atoms with Crippen LogP contribution in [0.1, 0.15) is 55.8 Å². The molecule has 1 aliphatic rings. The Morgan fingerprint density at radius 1 is 0.919 bits per heavy atom. The highest BCUT2D eigenvalue weighted by Gasteiger charge is 2.22. The molecule has 1 saturated heterocycles. The van der Waals surface area contributed by atoms with Gasteiger partial charge in [-0.05, 0) is 87.2 Å². The first kappa shape index (κ1) is 27.0. The summed E-state index contributed by atoms with van der Waals surface area (Å²) in [5.74, 6) is 0.917. The van der Waals surface area contributed by atoms with E-state index in [-0.39, 0.29) is 0 Å². The molecule has 1 fully saturated rings. The van der Waals surface area contributed by atoms with E-state index in [0.29, 0.717) is 18.7 Å². The summed E-state index contributed by atoms with van der Waals surface area (Å²) in [6.45, 7) is 8.26. The molecule has 3 aromatic carbocycles. The molecule has 3 aromatic rings. The van der Waals surface area contributed by atoms with Crippen LogP contribution in [0.2, 0.25) is 0 Å². The molecule has 1 aliphatic heterocycles. The second kappa shape index (κ2) is 13.5. The molecule has 0 aliphatic carbocycles. The molecular weight excluding hydrogens is 454 g/mol. The summed E-state index contributed by atoms with van der Waals surface area (Å²) < 4.78 is 6.01. The van der Waals surface area contributed by atoms with Crippen LogP contribution in [0, 0.1) is 0 Å². The smallest absolute Gasteiger partial charge is 0.119 e. The number of allylic oxidation sites excluding steroid dienone is 1. The molecular formula is C33H43N3O. The molecule has 0 amide bonds. The number of nitrogens with one attached hydrogen (secondary N) is 1. The molecule has 4 rings (SSSR count). The Bertz CT molecular complexity index is 1090. The monoisotopic (exact) mass is 497 g/mol. The maximum Gasteiger partial charge on any atom is 0.119 e. The van der Waals surface area contributed by atoms with Gasteiger partial charge in [0.25, 0.3) is 0 Å². The maximum absolute atomic E-state index is 6.01. The van der Waals surface area contributed by atoms with Gasteiger partial charge in [0.05, 0.1) is 0 Å². The fourth-order valence-electron chi connectivity index (χ4n) is 4.89. The fourth-order valence-corrected chi connectivity index (χ4v) is 4.89. The van der Waals surface area contributed by atoms with Crippen molar-refractivity contribution >= 4 is 5.69 Å². The van der Waals surface area contributed by atoms with E-state index >= 15 is 0 Å². The van der Waals surface area contributed by atoms with Gasteiger partial charge in [0.15, 0.2) is 0 Å². The Balaban J connectivity index is 1.31. The summed E-state index contributed by atoms with van der Waals surface area (Å²) in [6, 6.07) is 28.8. The number of rotatable bonds is 11. The van der Waals surface area contributed by atoms with Crippen LogP contribution < -0.4 is 15.0 Å². The van der Waals surface area contributed by atoms with Gasteiger partial charge in [-0.3, -0.25) is 4.90 Å². The summed E-state index contributed by atoms with van der Waals surface area (Å²) in [4.78, 5) is 4.74. The van der Waals surface area contributed by atoms with Crippen molar-refractivity contribution in [1.29, 1.82) is 0 Å². The highest BCUT2D eigenvalue weighted by Crippen LogP contribution is 2.25. The van der Waals surface area contributed by atoms with Gasteiger partial charge in [-0.2, -0.15) is 0 Å². The summed E-state index contributed by atoms with van der Waals surface area (Å²) in [7, 11) is 4.18. The van der Waals surface area contributed by atoms with Gasteiger partial charge < -0.3 is 15.0 Å². The molecule has 196 valence electrons. The zero-order chi connectivity index (χ0) is 26.0. The number of piperidine rings is 1. The standard InChI is InChI=1S/C33H43N3O/c1-26(2)10-19-33(29-13-17-32(18-14-29)37-25-28-8-6-5-7-9-28)34-30-20-22-36(23-21-30)24-27-11-15-31(16-12-27)35(3)4/h5-18,30,33-34H,19-25H2,1-4H3. The van der Waals surface area contributed by atoms with Crippen molar-refractivity contribution in [1.82, 2.24) is 10.2 Å². The van der Waals surface area contributed by atoms with Crippen molar-refractivity contribution in [2.24, 2.45) is 0 Å². The van der Waals surface area contributed by atoms with Crippen LogP contribution in [0.3, 0.4) is 0 Å². The van der Waals surface area contributed by atoms with Crippen LogP contribution in [0.25, 0.3) is 0 Å². The molecule has 0 spiro atoms. The van der Waals surface area contributed by atoms with E-state index in [1.165, 1.54) is 40.8 Å². The fraction of sp³-hybridized carbons (Fsp3) is 0.394. The Kier molecular flexibility index (Phi) is 9.81. The molecule has 1 N–H and O–H groups in total. The third-order valence-electron chi connectivity index (χ3n) is 7.18. The Labute approximate surface area is 224 Å². The summed E-state index contributed by atoms with van der Waals surface area (Å²) in [6.07, 6.45) is 5.72. The van der Waals surface area contributed by atoms with Gasteiger partial charge in [-0.15, -0.1) is 0 Å². The minimum atomic E-state index is 0.313. The van der Waals surface area contributed by atoms with Gasteiger partial charge in [-0.1, -0.05) is 66.2 Å². The summed E-state index contributed by atoms with van der Waals surface area (Å²) in [5.41, 5.74) is 6.53. The van der Waals surface area contributed by atoms with E-state index in [1.807, 2.05) is 18.2 Å². The van der Waals surface area contributed by atoms with E-state index in [9.17, 15) is 0 Å². The van der Waals surface area contributed by atoms with Crippen molar-refractivity contribution < 1.29 is 4.74 Å². The minimum absolute atomic E-state index is 0.313. The third kappa shape index (κ3) is 8.48. The molecule has 0 bridgehead atoms. The quantitative estimate of drug-likeness (QED) is 0.289. The highest BCUT2D eigenvalue weighted by molar-refractivity contribution is 5.46. The first-order valence-corrected chi connectivity index (χ1v) is 13.6. The lowest BCUT2D eigenvalue weighted by Gasteiger charge is -2.35. The van der Waals surface area contributed by atoms with Crippen molar-refractivity contribution in [3.05, 3.63) is 107 Å². The van der Waals surface area contributed by atoms with Crippen molar-refractivity contribution in [3.8, 4) is 5.75 Å². The molecule has 1 heterocycles. The number of benzene rings is 3. The van der Waals surface area contributed by atoms with Gasteiger partial charge >= 0.3 is 0 Å². The second-order valence-electron chi connectivity index (χ2n) is 10.7. The van der Waals surface area contributed by atoms with Crippen LogP contribution >= 0.6 is 0 Å². The Hall–Kier alpha value is -3.08. The third-order valence-corrected chi connectivity index (χ3v) is 7.18. The zero-order valence-electron chi connectivity index (χ0n) is 23.0. The average molecular weight is 498 g/mol. The predicted octanol–water partition coefficient (Wildman–Crippen LogP) is 6.98. The van der Waals surface area contributed by atoms with Crippen LogP contribution in [0.5, 0.6) is 5.75 Å². The van der Waals surface area contributed by atoms with Crippen LogP contribution in [0.15, 0.2) is 90.5 Å². The Morgan fingerprint density at radius 2 is 1.59 bits per heavy atom. The van der Waals surface area contributed by atoms with Crippen LogP contribution in [0.4, 0.5) is 5.69 Å². The average Bonchev–Trinajstić information content (AvgIpc) is 2.92. The van der Waals surface area contributed by atoms with E-state index in [4.69, 9.17) is 4.74 Å². The van der Waals surface area contributed by atoms with Gasteiger partial charge in [0, 0.05) is 38.4 Å². The van der Waals surface area contributed by atoms with E-state index in [1.54, 1.807) is 0 Å². The molecule has 1 atom stereocenters. The predicted molar refractivity (Wildman–Crippen MR) is 156 cm³/mol. The van der Waals surface area contributed by atoms with Gasteiger partial charge in [0.1, 0.15) is 12.4 Å². The normalized spacial score (nSPS) is 15.2. The van der Waals surface area contributed by atoms with E-state index in [2.05, 4.69) is 110 Å². The second-order valence-corrected chi connectivity index (χ2v) is 10.7. The molecule has 4 heteroatoms. The molecule has 0 aromatic heterocycles. The van der Waals surface area contributed by atoms with Gasteiger partial charge in [-0.25, -0.2) is 0 Å². The molecule has 0 saturated carbocycles. The van der Waals surface area contributed by atoms with Crippen molar-refractivity contribution in [2.75, 3.05) is 32.1 Å². The molecule has 1 unspecified atom stereocenters. The van der Waals surface area contributed by atoms with Crippen LogP contribution in [-0.4, -0.2) is 38.1 Å². The number of likely N-dealkylation sites (tertiary alicyclic amines) is 1. The lowest BCUT2D eigenvalue weighted by atomic mass is 9.97. The molecule has 37 heavy (non-hydrogen) atoms. The van der Waals surface area contributed by atoms with Crippen molar-refractivity contribution in [2.45, 2.75) is 58.3 Å². The highest BCUT2D eigenvalue weighted by atomic mass is 16.5.